The molecular weight excluding hydrogens is 416 g/mol. The molecule has 1 aromatic heterocycles. The highest BCUT2D eigenvalue weighted by molar-refractivity contribution is 9.10. The van der Waals surface area contributed by atoms with Crippen molar-refractivity contribution in [2.24, 2.45) is 15.2 Å². The summed E-state index contributed by atoms with van der Waals surface area (Å²) in [6.07, 6.45) is 1.76. The van der Waals surface area contributed by atoms with E-state index >= 15 is 0 Å². The van der Waals surface area contributed by atoms with Crippen LogP contribution >= 0.6 is 27.7 Å². The van der Waals surface area contributed by atoms with Crippen molar-refractivity contribution in [2.75, 3.05) is 0 Å². The molecule has 0 saturated heterocycles. The van der Waals surface area contributed by atoms with Gasteiger partial charge in [0.05, 0.1) is 10.4 Å². The van der Waals surface area contributed by atoms with Gasteiger partial charge in [0.25, 0.3) is 5.91 Å². The van der Waals surface area contributed by atoms with Gasteiger partial charge in [0, 0.05) is 9.86 Å². The number of fused-ring (bicyclic) bond motifs is 1. The molecule has 2 heterocycles. The molecule has 0 unspecified atom stereocenters. The van der Waals surface area contributed by atoms with E-state index in [1.54, 1.807) is 6.08 Å². The Bertz CT molecular complexity index is 1100. The van der Waals surface area contributed by atoms with E-state index in [9.17, 15) is 9.90 Å². The summed E-state index contributed by atoms with van der Waals surface area (Å²) < 4.78 is 0.967. The van der Waals surface area contributed by atoms with Gasteiger partial charge >= 0.3 is 0 Å². The van der Waals surface area contributed by atoms with Gasteiger partial charge in [-0.3, -0.25) is 4.79 Å². The average Bonchev–Trinajstić information content (AvgIpc) is 3.14. The highest BCUT2D eigenvalue weighted by Gasteiger charge is 2.22. The van der Waals surface area contributed by atoms with Crippen molar-refractivity contribution >= 4 is 61.4 Å². The van der Waals surface area contributed by atoms with Gasteiger partial charge in [-0.15, -0.1) is 10.2 Å². The Morgan fingerprint density at radius 1 is 1.12 bits per heavy atom. The van der Waals surface area contributed by atoms with Crippen LogP contribution in [0.4, 0.5) is 5.69 Å². The largest absolute Gasteiger partial charge is 0.493 e. The normalized spacial score (nSPS) is 16.1. The lowest BCUT2D eigenvalue weighted by atomic mass is 10.2. The standard InChI is InChI=1S/C18H11BrN4O2S/c19-11-7-5-10(6-8-11)9-14-16(24)21-18(26-14)23-22-15-12-3-1-2-4-13(12)20-17(15)25/h1-9,20,25H. The summed E-state index contributed by atoms with van der Waals surface area (Å²) in [5.74, 6) is -0.425. The Morgan fingerprint density at radius 2 is 1.88 bits per heavy atom. The van der Waals surface area contributed by atoms with Crippen LogP contribution in [0.1, 0.15) is 5.56 Å². The number of carbonyl (C=O) groups is 1. The van der Waals surface area contributed by atoms with Crippen LogP contribution in [0.25, 0.3) is 17.0 Å². The zero-order chi connectivity index (χ0) is 18.1. The van der Waals surface area contributed by atoms with Gasteiger partial charge in [-0.1, -0.05) is 46.3 Å². The van der Waals surface area contributed by atoms with Crippen LogP contribution in [0.3, 0.4) is 0 Å². The van der Waals surface area contributed by atoms with Crippen LogP contribution in [0, 0.1) is 0 Å². The van der Waals surface area contributed by atoms with Crippen molar-refractivity contribution in [3.05, 3.63) is 63.5 Å². The fourth-order valence-electron chi connectivity index (χ4n) is 2.46. The van der Waals surface area contributed by atoms with Crippen LogP contribution in [0.15, 0.2) is 73.1 Å². The number of halogens is 1. The van der Waals surface area contributed by atoms with Crippen LogP contribution in [0.2, 0.25) is 0 Å². The number of nitrogens with one attached hydrogen (secondary N) is 1. The minimum Gasteiger partial charge on any atom is -0.493 e. The maximum atomic E-state index is 12.1. The zero-order valence-corrected chi connectivity index (χ0v) is 15.6. The molecule has 8 heteroatoms. The molecule has 0 saturated carbocycles. The molecule has 2 aromatic carbocycles. The van der Waals surface area contributed by atoms with E-state index in [1.165, 1.54) is 0 Å². The third kappa shape index (κ3) is 3.33. The number of amidine groups is 1. The maximum Gasteiger partial charge on any atom is 0.286 e. The van der Waals surface area contributed by atoms with Gasteiger partial charge in [-0.05, 0) is 41.6 Å². The SMILES string of the molecule is O=C1N=C(N=Nc2c(O)[nH]c3ccccc23)SC1=Cc1ccc(Br)cc1. The molecule has 0 fully saturated rings. The summed E-state index contributed by atoms with van der Waals surface area (Å²) in [4.78, 5) is 19.3. The van der Waals surface area contributed by atoms with Gasteiger partial charge in [0.15, 0.2) is 5.69 Å². The molecule has 3 aromatic rings. The van der Waals surface area contributed by atoms with Crippen LogP contribution < -0.4 is 0 Å². The molecule has 0 aliphatic carbocycles. The Kier molecular flexibility index (Phi) is 4.44. The number of amides is 1. The first-order valence-electron chi connectivity index (χ1n) is 7.60. The molecule has 1 amide bonds. The number of rotatable bonds is 2. The highest BCUT2D eigenvalue weighted by Crippen LogP contribution is 2.36. The Morgan fingerprint density at radius 3 is 2.69 bits per heavy atom. The summed E-state index contributed by atoms with van der Waals surface area (Å²) >= 11 is 4.52. The fraction of sp³-hybridized carbons (Fsp3) is 0. The number of thioether (sulfide) groups is 1. The predicted molar refractivity (Wildman–Crippen MR) is 107 cm³/mol. The minimum absolute atomic E-state index is 0.0736. The van der Waals surface area contributed by atoms with E-state index in [-0.39, 0.29) is 17.0 Å². The van der Waals surface area contributed by atoms with Crippen LogP contribution in [-0.2, 0) is 4.79 Å². The van der Waals surface area contributed by atoms with Crippen molar-refractivity contribution in [3.63, 3.8) is 0 Å². The molecule has 0 spiro atoms. The topological polar surface area (TPSA) is 90.2 Å². The number of nitrogens with zero attached hydrogens (tertiary/aromatic N) is 3. The molecule has 0 radical (unpaired) electrons. The van der Waals surface area contributed by atoms with Crippen molar-refractivity contribution < 1.29 is 9.90 Å². The number of aromatic amines is 1. The molecule has 128 valence electrons. The number of azo groups is 1. The first-order valence-corrected chi connectivity index (χ1v) is 9.20. The number of aliphatic imine (C=N–C) groups is 1. The molecule has 2 N–H and O–H groups in total. The number of benzene rings is 2. The molecule has 1 aliphatic heterocycles. The average molecular weight is 427 g/mol. The second-order valence-electron chi connectivity index (χ2n) is 5.43. The van der Waals surface area contributed by atoms with E-state index in [2.05, 4.69) is 36.1 Å². The fourth-order valence-corrected chi connectivity index (χ4v) is 3.46. The first-order chi connectivity index (χ1) is 12.6. The minimum atomic E-state index is -0.352. The maximum absolute atomic E-state index is 12.1. The molecule has 4 rings (SSSR count). The van der Waals surface area contributed by atoms with Gasteiger partial charge in [0.1, 0.15) is 0 Å². The smallest absolute Gasteiger partial charge is 0.286 e. The number of aromatic nitrogens is 1. The quantitative estimate of drug-likeness (QED) is 0.424. The van der Waals surface area contributed by atoms with Gasteiger partial charge in [-0.2, -0.15) is 4.99 Å². The number of hydrogen-bond acceptors (Lipinski definition) is 5. The zero-order valence-electron chi connectivity index (χ0n) is 13.2. The Labute approximate surface area is 160 Å². The number of carbonyl (C=O) groups excluding carboxylic acids is 1. The second-order valence-corrected chi connectivity index (χ2v) is 7.35. The summed E-state index contributed by atoms with van der Waals surface area (Å²) in [6.45, 7) is 0. The van der Waals surface area contributed by atoms with Gasteiger partial charge in [0.2, 0.25) is 11.0 Å². The van der Waals surface area contributed by atoms with Crippen molar-refractivity contribution in [3.8, 4) is 5.88 Å². The third-order valence-electron chi connectivity index (χ3n) is 3.67. The molecule has 1 aliphatic rings. The van der Waals surface area contributed by atoms with E-state index in [1.807, 2.05) is 48.5 Å². The van der Waals surface area contributed by atoms with Gasteiger partial charge in [-0.25, -0.2) is 0 Å². The van der Waals surface area contributed by atoms with E-state index in [4.69, 9.17) is 0 Å². The summed E-state index contributed by atoms with van der Waals surface area (Å²) in [5, 5.41) is 19.1. The number of H-pyrrole nitrogens is 1. The summed E-state index contributed by atoms with van der Waals surface area (Å²) in [6, 6.07) is 15.0. The van der Waals surface area contributed by atoms with Crippen LogP contribution in [0.5, 0.6) is 5.88 Å². The number of aromatic hydroxyl groups is 1. The Balaban J connectivity index is 1.57. The monoisotopic (exact) mass is 426 g/mol. The van der Waals surface area contributed by atoms with Crippen molar-refractivity contribution in [1.29, 1.82) is 0 Å². The molecule has 0 atom stereocenters. The van der Waals surface area contributed by atoms with E-state index < -0.39 is 0 Å². The summed E-state index contributed by atoms with van der Waals surface area (Å²) in [7, 11) is 0. The van der Waals surface area contributed by atoms with E-state index in [0.29, 0.717) is 10.6 Å². The number of para-hydroxylation sites is 1. The predicted octanol–water partition coefficient (Wildman–Crippen LogP) is 5.39. The molecular formula is C18H11BrN4O2S. The lowest BCUT2D eigenvalue weighted by Gasteiger charge is -1.96. The van der Waals surface area contributed by atoms with Crippen molar-refractivity contribution in [1.82, 2.24) is 4.98 Å². The second kappa shape index (κ2) is 6.89. The van der Waals surface area contributed by atoms with E-state index in [0.717, 1.165) is 32.7 Å². The molecule has 26 heavy (non-hydrogen) atoms. The van der Waals surface area contributed by atoms with Crippen LogP contribution in [-0.4, -0.2) is 21.2 Å². The lowest BCUT2D eigenvalue weighted by molar-refractivity contribution is -0.113. The van der Waals surface area contributed by atoms with Gasteiger partial charge < -0.3 is 10.1 Å². The Hall–Kier alpha value is -2.71. The number of hydrogen-bond donors (Lipinski definition) is 2. The lowest BCUT2D eigenvalue weighted by Crippen LogP contribution is -1.87. The summed E-state index contributed by atoms with van der Waals surface area (Å²) in [5.41, 5.74) is 1.97. The first kappa shape index (κ1) is 16.7. The molecule has 0 bridgehead atoms. The third-order valence-corrected chi connectivity index (χ3v) is 5.07. The molecule has 6 nitrogen and oxygen atoms in total. The van der Waals surface area contributed by atoms with Crippen molar-refractivity contribution in [2.45, 2.75) is 0 Å². The highest BCUT2D eigenvalue weighted by atomic mass is 79.9.